The number of aromatic nitrogens is 2. The van der Waals surface area contributed by atoms with Crippen molar-refractivity contribution in [3.63, 3.8) is 0 Å². The van der Waals surface area contributed by atoms with Crippen molar-refractivity contribution >= 4 is 16.8 Å². The maximum atomic E-state index is 13.0. The van der Waals surface area contributed by atoms with E-state index in [4.69, 9.17) is 0 Å². The summed E-state index contributed by atoms with van der Waals surface area (Å²) in [6.07, 6.45) is 5.16. The summed E-state index contributed by atoms with van der Waals surface area (Å²) >= 11 is 0. The number of carbonyl (C=O) groups excluding carboxylic acids is 1. The number of nitrogens with one attached hydrogen (secondary N) is 1. The molecule has 0 aliphatic carbocycles. The molecule has 0 bridgehead atoms. The van der Waals surface area contributed by atoms with Crippen LogP contribution in [0, 0.1) is 0 Å². The van der Waals surface area contributed by atoms with Crippen LogP contribution in [-0.2, 0) is 18.3 Å². The van der Waals surface area contributed by atoms with Gasteiger partial charge >= 0.3 is 0 Å². The highest BCUT2D eigenvalue weighted by molar-refractivity contribution is 5.86. The quantitative estimate of drug-likeness (QED) is 0.433. The van der Waals surface area contributed by atoms with Crippen LogP contribution in [0.4, 0.5) is 0 Å². The van der Waals surface area contributed by atoms with Crippen molar-refractivity contribution in [2.24, 2.45) is 7.05 Å². The van der Waals surface area contributed by atoms with E-state index in [0.29, 0.717) is 13.0 Å². The molecule has 2 aromatic carbocycles. The van der Waals surface area contributed by atoms with Crippen molar-refractivity contribution in [3.8, 4) is 0 Å². The zero-order valence-electron chi connectivity index (χ0n) is 18.2. The SMILES string of the molecule is CC(c1ccccc1)C(CC(=O)NCCc1ccccn1)c1cn(C)c2ccccc12. The lowest BCUT2D eigenvalue weighted by atomic mass is 9.80. The van der Waals surface area contributed by atoms with E-state index in [9.17, 15) is 4.79 Å². The van der Waals surface area contributed by atoms with E-state index in [1.54, 1.807) is 6.20 Å². The van der Waals surface area contributed by atoms with E-state index in [0.717, 1.165) is 12.1 Å². The molecule has 0 saturated carbocycles. The molecule has 1 amide bonds. The Morgan fingerprint density at radius 2 is 1.74 bits per heavy atom. The van der Waals surface area contributed by atoms with Gasteiger partial charge in [-0.25, -0.2) is 0 Å². The predicted octanol–water partition coefficient (Wildman–Crippen LogP) is 5.21. The molecule has 1 N–H and O–H groups in total. The number of nitrogens with zero attached hydrogens (tertiary/aromatic N) is 2. The van der Waals surface area contributed by atoms with Crippen molar-refractivity contribution < 1.29 is 4.79 Å². The summed E-state index contributed by atoms with van der Waals surface area (Å²) < 4.78 is 2.16. The zero-order valence-corrected chi connectivity index (χ0v) is 18.2. The van der Waals surface area contributed by atoms with Gasteiger partial charge in [-0.2, -0.15) is 0 Å². The van der Waals surface area contributed by atoms with E-state index in [-0.39, 0.29) is 17.7 Å². The Morgan fingerprint density at radius 1 is 1.00 bits per heavy atom. The number of para-hydroxylation sites is 1. The molecule has 4 aromatic rings. The molecule has 2 atom stereocenters. The summed E-state index contributed by atoms with van der Waals surface area (Å²) in [6, 6.07) is 24.8. The minimum Gasteiger partial charge on any atom is -0.356 e. The molecule has 4 rings (SSSR count). The fraction of sp³-hybridized carbons (Fsp3) is 0.259. The standard InChI is InChI=1S/C27H29N3O/c1-20(21-10-4-3-5-11-21)24(25-19-30(2)26-14-7-6-13-23(25)26)18-27(31)29-17-15-22-12-8-9-16-28-22/h3-14,16,19-20,24H,15,17-18H2,1-2H3,(H,29,31). The first-order valence-electron chi connectivity index (χ1n) is 10.9. The average molecular weight is 412 g/mol. The third-order valence-corrected chi connectivity index (χ3v) is 6.09. The van der Waals surface area contributed by atoms with Gasteiger partial charge in [-0.1, -0.05) is 61.5 Å². The van der Waals surface area contributed by atoms with Crippen LogP contribution < -0.4 is 5.32 Å². The van der Waals surface area contributed by atoms with E-state index in [1.165, 1.54) is 22.0 Å². The first-order valence-corrected chi connectivity index (χ1v) is 10.9. The number of benzene rings is 2. The normalized spacial score (nSPS) is 13.1. The zero-order chi connectivity index (χ0) is 21.6. The summed E-state index contributed by atoms with van der Waals surface area (Å²) in [7, 11) is 2.07. The van der Waals surface area contributed by atoms with Gasteiger partial charge in [0.2, 0.25) is 5.91 Å². The van der Waals surface area contributed by atoms with Crippen molar-refractivity contribution in [3.05, 3.63) is 102 Å². The van der Waals surface area contributed by atoms with Crippen LogP contribution in [0.2, 0.25) is 0 Å². The number of aryl methyl sites for hydroxylation is 1. The Labute approximate surface area is 183 Å². The Hall–Kier alpha value is -3.40. The van der Waals surface area contributed by atoms with Crippen LogP contribution in [0.5, 0.6) is 0 Å². The lowest BCUT2D eigenvalue weighted by molar-refractivity contribution is -0.121. The summed E-state index contributed by atoms with van der Waals surface area (Å²) in [5.74, 6) is 0.383. The van der Waals surface area contributed by atoms with Crippen molar-refractivity contribution in [1.82, 2.24) is 14.9 Å². The maximum absolute atomic E-state index is 13.0. The fourth-order valence-corrected chi connectivity index (χ4v) is 4.36. The molecule has 4 heteroatoms. The second kappa shape index (κ2) is 9.61. The van der Waals surface area contributed by atoms with Gasteiger partial charge in [-0.05, 0) is 35.2 Å². The van der Waals surface area contributed by atoms with Gasteiger partial charge in [-0.3, -0.25) is 9.78 Å². The van der Waals surface area contributed by atoms with Gasteiger partial charge in [0.05, 0.1) is 0 Å². The molecule has 0 fully saturated rings. The number of pyridine rings is 1. The van der Waals surface area contributed by atoms with Crippen LogP contribution in [0.25, 0.3) is 10.9 Å². The smallest absolute Gasteiger partial charge is 0.220 e. The average Bonchev–Trinajstić information content (AvgIpc) is 3.15. The van der Waals surface area contributed by atoms with Crippen LogP contribution >= 0.6 is 0 Å². The molecule has 2 heterocycles. The van der Waals surface area contributed by atoms with Crippen LogP contribution in [0.15, 0.2) is 85.2 Å². The van der Waals surface area contributed by atoms with Gasteiger partial charge in [0, 0.05) is 61.3 Å². The van der Waals surface area contributed by atoms with Crippen molar-refractivity contribution in [2.75, 3.05) is 6.54 Å². The molecule has 0 aliphatic heterocycles. The third kappa shape index (κ3) is 4.85. The summed E-state index contributed by atoms with van der Waals surface area (Å²) in [5, 5.41) is 4.33. The third-order valence-electron chi connectivity index (χ3n) is 6.09. The Kier molecular flexibility index (Phi) is 6.46. The number of carbonyl (C=O) groups is 1. The fourth-order valence-electron chi connectivity index (χ4n) is 4.36. The second-order valence-corrected chi connectivity index (χ2v) is 8.14. The van der Waals surface area contributed by atoms with E-state index >= 15 is 0 Å². The number of rotatable bonds is 8. The highest BCUT2D eigenvalue weighted by atomic mass is 16.1. The minimum absolute atomic E-state index is 0.0802. The molecule has 158 valence electrons. The molecule has 4 nitrogen and oxygen atoms in total. The highest BCUT2D eigenvalue weighted by Gasteiger charge is 2.26. The molecule has 31 heavy (non-hydrogen) atoms. The van der Waals surface area contributed by atoms with Crippen molar-refractivity contribution in [2.45, 2.75) is 31.6 Å². The number of amides is 1. The van der Waals surface area contributed by atoms with Gasteiger partial charge in [0.15, 0.2) is 0 Å². The first kappa shape index (κ1) is 20.9. The maximum Gasteiger partial charge on any atom is 0.220 e. The van der Waals surface area contributed by atoms with E-state index in [1.807, 2.05) is 24.3 Å². The molecular weight excluding hydrogens is 382 g/mol. The van der Waals surface area contributed by atoms with Crippen LogP contribution in [0.1, 0.15) is 42.0 Å². The Morgan fingerprint density at radius 3 is 2.52 bits per heavy atom. The summed E-state index contributed by atoms with van der Waals surface area (Å²) in [4.78, 5) is 17.3. The van der Waals surface area contributed by atoms with Crippen molar-refractivity contribution in [1.29, 1.82) is 0 Å². The number of fused-ring (bicyclic) bond motifs is 1. The van der Waals surface area contributed by atoms with Crippen LogP contribution in [-0.4, -0.2) is 22.0 Å². The summed E-state index contributed by atoms with van der Waals surface area (Å²) in [6.45, 7) is 2.82. The number of hydrogen-bond acceptors (Lipinski definition) is 2. The molecule has 0 saturated heterocycles. The first-order chi connectivity index (χ1) is 15.1. The second-order valence-electron chi connectivity index (χ2n) is 8.14. The monoisotopic (exact) mass is 411 g/mol. The molecular formula is C27H29N3O. The molecule has 0 aliphatic rings. The van der Waals surface area contributed by atoms with Gasteiger partial charge in [0.25, 0.3) is 0 Å². The van der Waals surface area contributed by atoms with Gasteiger partial charge in [-0.15, -0.1) is 0 Å². The molecule has 0 radical (unpaired) electrons. The molecule has 2 aromatic heterocycles. The lowest BCUT2D eigenvalue weighted by Crippen LogP contribution is -2.28. The van der Waals surface area contributed by atoms with Gasteiger partial charge < -0.3 is 9.88 Å². The van der Waals surface area contributed by atoms with E-state index in [2.05, 4.69) is 83.6 Å². The van der Waals surface area contributed by atoms with E-state index < -0.39 is 0 Å². The topological polar surface area (TPSA) is 46.9 Å². The highest BCUT2D eigenvalue weighted by Crippen LogP contribution is 2.39. The number of hydrogen-bond donors (Lipinski definition) is 1. The molecule has 0 spiro atoms. The Bertz CT molecular complexity index is 1140. The van der Waals surface area contributed by atoms with Crippen LogP contribution in [0.3, 0.4) is 0 Å². The van der Waals surface area contributed by atoms with Gasteiger partial charge in [0.1, 0.15) is 0 Å². The lowest BCUT2D eigenvalue weighted by Gasteiger charge is -2.24. The predicted molar refractivity (Wildman–Crippen MR) is 126 cm³/mol. The Balaban J connectivity index is 1.56. The summed E-state index contributed by atoms with van der Waals surface area (Å²) in [5.41, 5.74) is 4.67. The minimum atomic E-state index is 0.0802. The molecule has 2 unspecified atom stereocenters. The largest absolute Gasteiger partial charge is 0.356 e.